The molecule has 0 aliphatic rings. The lowest BCUT2D eigenvalue weighted by atomic mass is 9.87. The van der Waals surface area contributed by atoms with Crippen molar-refractivity contribution in [2.24, 2.45) is 7.05 Å². The van der Waals surface area contributed by atoms with Crippen LogP contribution in [0.2, 0.25) is 0 Å². The van der Waals surface area contributed by atoms with Gasteiger partial charge in [0.25, 0.3) is 0 Å². The van der Waals surface area contributed by atoms with Crippen LogP contribution in [0.1, 0.15) is 26.3 Å². The molecule has 0 saturated carbocycles. The Kier molecular flexibility index (Phi) is 2.10. The molecule has 0 amide bonds. The summed E-state index contributed by atoms with van der Waals surface area (Å²) >= 11 is 0. The predicted molar refractivity (Wildman–Crippen MR) is 61.6 cm³/mol. The molecular formula is C13H16FN. The van der Waals surface area contributed by atoms with Crippen LogP contribution in [0.3, 0.4) is 0 Å². The lowest BCUT2D eigenvalue weighted by Gasteiger charge is -2.17. The van der Waals surface area contributed by atoms with Crippen LogP contribution in [0.5, 0.6) is 0 Å². The summed E-state index contributed by atoms with van der Waals surface area (Å²) in [6.07, 6.45) is 2.09. The molecule has 0 radical (unpaired) electrons. The van der Waals surface area contributed by atoms with E-state index < -0.39 is 0 Å². The number of benzene rings is 1. The quantitative estimate of drug-likeness (QED) is 0.619. The van der Waals surface area contributed by atoms with Gasteiger partial charge in [0.2, 0.25) is 0 Å². The van der Waals surface area contributed by atoms with Crippen molar-refractivity contribution in [1.82, 2.24) is 4.57 Å². The molecular weight excluding hydrogens is 189 g/mol. The molecule has 0 spiro atoms. The number of fused-ring (bicyclic) bond motifs is 1. The number of rotatable bonds is 0. The smallest absolute Gasteiger partial charge is 0.123 e. The van der Waals surface area contributed by atoms with Gasteiger partial charge in [-0.2, -0.15) is 0 Å². The second-order valence-corrected chi connectivity index (χ2v) is 5.07. The van der Waals surface area contributed by atoms with Crippen LogP contribution in [0.4, 0.5) is 4.39 Å². The van der Waals surface area contributed by atoms with Gasteiger partial charge in [-0.05, 0) is 29.2 Å². The summed E-state index contributed by atoms with van der Waals surface area (Å²) in [6.45, 7) is 6.44. The summed E-state index contributed by atoms with van der Waals surface area (Å²) in [7, 11) is 2.00. The Balaban J connectivity index is 2.81. The summed E-state index contributed by atoms with van der Waals surface area (Å²) in [4.78, 5) is 0. The second-order valence-electron chi connectivity index (χ2n) is 5.07. The van der Waals surface area contributed by atoms with Gasteiger partial charge in [-0.15, -0.1) is 0 Å². The molecule has 80 valence electrons. The van der Waals surface area contributed by atoms with Crippen molar-refractivity contribution in [1.29, 1.82) is 0 Å². The summed E-state index contributed by atoms with van der Waals surface area (Å²) in [5, 5.41) is 1.02. The molecule has 1 aromatic carbocycles. The Morgan fingerprint density at radius 2 is 1.87 bits per heavy atom. The second kappa shape index (κ2) is 3.09. The number of hydrogen-bond acceptors (Lipinski definition) is 0. The largest absolute Gasteiger partial charge is 0.350 e. The van der Waals surface area contributed by atoms with E-state index in [0.29, 0.717) is 0 Å². The molecule has 1 nitrogen and oxygen atoms in total. The molecule has 0 aliphatic carbocycles. The SMILES string of the molecule is Cn1cc(C(C)(C)C)c2cc(F)ccc21. The van der Waals surface area contributed by atoms with Crippen LogP contribution in [0.25, 0.3) is 10.9 Å². The first-order chi connectivity index (χ1) is 6.89. The first-order valence-corrected chi connectivity index (χ1v) is 5.14. The molecule has 2 rings (SSSR count). The zero-order valence-corrected chi connectivity index (χ0v) is 9.63. The van der Waals surface area contributed by atoms with Gasteiger partial charge in [-0.1, -0.05) is 20.8 Å². The van der Waals surface area contributed by atoms with Crippen molar-refractivity contribution in [2.75, 3.05) is 0 Å². The third kappa shape index (κ3) is 1.65. The highest BCUT2D eigenvalue weighted by atomic mass is 19.1. The van der Waals surface area contributed by atoms with E-state index in [-0.39, 0.29) is 11.2 Å². The first kappa shape index (κ1) is 10.2. The number of hydrogen-bond donors (Lipinski definition) is 0. The molecule has 2 aromatic rings. The highest BCUT2D eigenvalue weighted by Gasteiger charge is 2.19. The van der Waals surface area contributed by atoms with E-state index in [1.165, 1.54) is 11.6 Å². The maximum Gasteiger partial charge on any atom is 0.123 e. The van der Waals surface area contributed by atoms with Crippen molar-refractivity contribution in [3.05, 3.63) is 35.8 Å². The topological polar surface area (TPSA) is 4.93 Å². The minimum atomic E-state index is -0.167. The molecule has 15 heavy (non-hydrogen) atoms. The van der Waals surface area contributed by atoms with E-state index in [0.717, 1.165) is 10.9 Å². The van der Waals surface area contributed by atoms with Crippen LogP contribution in [0, 0.1) is 5.82 Å². The van der Waals surface area contributed by atoms with Gasteiger partial charge < -0.3 is 4.57 Å². The normalized spacial score (nSPS) is 12.3. The van der Waals surface area contributed by atoms with Crippen molar-refractivity contribution in [3.63, 3.8) is 0 Å². The Hall–Kier alpha value is -1.31. The Labute approximate surface area is 89.5 Å². The Morgan fingerprint density at radius 1 is 1.20 bits per heavy atom. The number of aromatic nitrogens is 1. The maximum atomic E-state index is 13.2. The molecule has 0 atom stereocenters. The van der Waals surface area contributed by atoms with Gasteiger partial charge in [-0.3, -0.25) is 0 Å². The van der Waals surface area contributed by atoms with Crippen molar-refractivity contribution in [3.8, 4) is 0 Å². The van der Waals surface area contributed by atoms with E-state index >= 15 is 0 Å². The van der Waals surface area contributed by atoms with Gasteiger partial charge in [0.1, 0.15) is 5.82 Å². The van der Waals surface area contributed by atoms with Crippen LogP contribution < -0.4 is 0 Å². The Morgan fingerprint density at radius 3 is 2.47 bits per heavy atom. The van der Waals surface area contributed by atoms with Gasteiger partial charge >= 0.3 is 0 Å². The van der Waals surface area contributed by atoms with Gasteiger partial charge in [0, 0.05) is 24.1 Å². The molecule has 2 heteroatoms. The minimum absolute atomic E-state index is 0.0489. The van der Waals surface area contributed by atoms with Crippen molar-refractivity contribution < 1.29 is 4.39 Å². The lowest BCUT2D eigenvalue weighted by Crippen LogP contribution is -2.10. The molecule has 0 bridgehead atoms. The third-order valence-electron chi connectivity index (χ3n) is 2.76. The fourth-order valence-electron chi connectivity index (χ4n) is 1.96. The molecule has 0 saturated heterocycles. The first-order valence-electron chi connectivity index (χ1n) is 5.14. The molecule has 0 aliphatic heterocycles. The number of nitrogens with zero attached hydrogens (tertiary/aromatic N) is 1. The molecule has 1 aromatic heterocycles. The zero-order valence-electron chi connectivity index (χ0n) is 9.63. The minimum Gasteiger partial charge on any atom is -0.350 e. The molecule has 0 N–H and O–H groups in total. The fourth-order valence-corrected chi connectivity index (χ4v) is 1.96. The summed E-state index contributed by atoms with van der Waals surface area (Å²) < 4.78 is 15.3. The van der Waals surface area contributed by atoms with E-state index in [4.69, 9.17) is 0 Å². The number of halogens is 1. The summed E-state index contributed by atoms with van der Waals surface area (Å²) in [5.41, 5.74) is 2.33. The summed E-state index contributed by atoms with van der Waals surface area (Å²) in [5.74, 6) is -0.167. The fraction of sp³-hybridized carbons (Fsp3) is 0.385. The van der Waals surface area contributed by atoms with E-state index in [9.17, 15) is 4.39 Å². The number of aryl methyl sites for hydroxylation is 1. The third-order valence-corrected chi connectivity index (χ3v) is 2.76. The van der Waals surface area contributed by atoms with E-state index in [1.54, 1.807) is 6.07 Å². The highest BCUT2D eigenvalue weighted by Crippen LogP contribution is 2.31. The lowest BCUT2D eigenvalue weighted by molar-refractivity contribution is 0.592. The molecule has 0 unspecified atom stereocenters. The highest BCUT2D eigenvalue weighted by molar-refractivity contribution is 5.85. The molecule has 1 heterocycles. The summed E-state index contributed by atoms with van der Waals surface area (Å²) in [6, 6.07) is 4.96. The van der Waals surface area contributed by atoms with Gasteiger partial charge in [-0.25, -0.2) is 4.39 Å². The van der Waals surface area contributed by atoms with Crippen LogP contribution in [-0.2, 0) is 12.5 Å². The van der Waals surface area contributed by atoms with Crippen LogP contribution >= 0.6 is 0 Å². The van der Waals surface area contributed by atoms with E-state index in [1.807, 2.05) is 13.1 Å². The van der Waals surface area contributed by atoms with Crippen LogP contribution in [-0.4, -0.2) is 4.57 Å². The standard InChI is InChI=1S/C13H16FN/c1-13(2,3)11-8-15(4)12-6-5-9(14)7-10(11)12/h5-8H,1-4H3. The zero-order chi connectivity index (χ0) is 11.2. The predicted octanol–water partition coefficient (Wildman–Crippen LogP) is 3.61. The van der Waals surface area contributed by atoms with E-state index in [2.05, 4.69) is 31.5 Å². The average Bonchev–Trinajstić information content (AvgIpc) is 2.42. The van der Waals surface area contributed by atoms with Crippen LogP contribution in [0.15, 0.2) is 24.4 Å². The average molecular weight is 205 g/mol. The Bertz CT molecular complexity index is 503. The van der Waals surface area contributed by atoms with Gasteiger partial charge in [0.05, 0.1) is 0 Å². The van der Waals surface area contributed by atoms with Crippen molar-refractivity contribution >= 4 is 10.9 Å². The van der Waals surface area contributed by atoms with Crippen molar-refractivity contribution in [2.45, 2.75) is 26.2 Å². The maximum absolute atomic E-state index is 13.2. The molecule has 0 fully saturated rings. The monoisotopic (exact) mass is 205 g/mol. The van der Waals surface area contributed by atoms with Gasteiger partial charge in [0.15, 0.2) is 0 Å².